The number of carbonyl (C=O) groups is 2. The molecule has 0 bridgehead atoms. The van der Waals surface area contributed by atoms with E-state index in [1.807, 2.05) is 25.7 Å². The van der Waals surface area contributed by atoms with Gasteiger partial charge in [0.25, 0.3) is 0 Å². The molecule has 1 heterocycles. The Balaban J connectivity index is 2.58. The second-order valence-electron chi connectivity index (χ2n) is 6.45. The van der Waals surface area contributed by atoms with E-state index in [1.165, 1.54) is 0 Å². The Morgan fingerprint density at radius 2 is 1.89 bits per heavy atom. The predicted molar refractivity (Wildman–Crippen MR) is 73.8 cm³/mol. The maximum atomic E-state index is 12.0. The highest BCUT2D eigenvalue weighted by Crippen LogP contribution is 2.13. The van der Waals surface area contributed by atoms with Gasteiger partial charge in [0.15, 0.2) is 0 Å². The van der Waals surface area contributed by atoms with E-state index in [-0.39, 0.29) is 12.0 Å². The number of carbonyl (C=O) groups excluding carboxylic acids is 2. The van der Waals surface area contributed by atoms with Gasteiger partial charge in [0.05, 0.1) is 0 Å². The van der Waals surface area contributed by atoms with Gasteiger partial charge in [-0.3, -0.25) is 4.79 Å². The number of nitrogens with zero attached hydrogens (tertiary/aromatic N) is 2. The monoisotopic (exact) mass is 270 g/mol. The van der Waals surface area contributed by atoms with Crippen molar-refractivity contribution in [2.45, 2.75) is 46.6 Å². The van der Waals surface area contributed by atoms with Gasteiger partial charge in [-0.05, 0) is 26.7 Å². The number of rotatable bonds is 2. The van der Waals surface area contributed by atoms with Crippen LogP contribution in [-0.2, 0) is 9.53 Å². The summed E-state index contributed by atoms with van der Waals surface area (Å²) in [6, 6.07) is 0. The predicted octanol–water partition coefficient (Wildman–Crippen LogP) is 2.11. The van der Waals surface area contributed by atoms with Crippen LogP contribution in [0, 0.1) is 5.92 Å². The third-order valence-corrected chi connectivity index (χ3v) is 2.83. The van der Waals surface area contributed by atoms with Gasteiger partial charge < -0.3 is 14.5 Å². The zero-order valence-electron chi connectivity index (χ0n) is 12.7. The first-order chi connectivity index (χ1) is 8.69. The molecule has 110 valence electrons. The first-order valence-electron chi connectivity index (χ1n) is 6.95. The first kappa shape index (κ1) is 15.8. The summed E-state index contributed by atoms with van der Waals surface area (Å²) in [5.74, 6) is 0.566. The fourth-order valence-corrected chi connectivity index (χ4v) is 2.01. The van der Waals surface area contributed by atoms with Gasteiger partial charge in [0.1, 0.15) is 5.60 Å². The number of hydrogen-bond donors (Lipinski definition) is 0. The standard InChI is InChI=1S/C14H26N2O3/c1-11(2)10-16-9-8-15(7-6-12(16)17)13(18)19-14(3,4)5/h11H,6-10H2,1-5H3. The van der Waals surface area contributed by atoms with Gasteiger partial charge in [0, 0.05) is 32.6 Å². The summed E-state index contributed by atoms with van der Waals surface area (Å²) in [5.41, 5.74) is -0.495. The minimum absolute atomic E-state index is 0.125. The van der Waals surface area contributed by atoms with Gasteiger partial charge in [0.2, 0.25) is 5.91 Å². The summed E-state index contributed by atoms with van der Waals surface area (Å²) < 4.78 is 5.34. The topological polar surface area (TPSA) is 49.9 Å². The van der Waals surface area contributed by atoms with Crippen LogP contribution in [0.5, 0.6) is 0 Å². The molecular weight excluding hydrogens is 244 g/mol. The lowest BCUT2D eigenvalue weighted by Gasteiger charge is -2.26. The molecule has 0 aliphatic carbocycles. The highest BCUT2D eigenvalue weighted by atomic mass is 16.6. The smallest absolute Gasteiger partial charge is 0.410 e. The van der Waals surface area contributed by atoms with E-state index < -0.39 is 5.60 Å². The minimum Gasteiger partial charge on any atom is -0.444 e. The van der Waals surface area contributed by atoms with E-state index in [2.05, 4.69) is 13.8 Å². The molecule has 1 rings (SSSR count). The van der Waals surface area contributed by atoms with Crippen LogP contribution in [0.1, 0.15) is 41.0 Å². The Morgan fingerprint density at radius 1 is 1.26 bits per heavy atom. The lowest BCUT2D eigenvalue weighted by atomic mass is 10.2. The second kappa shape index (κ2) is 6.26. The van der Waals surface area contributed by atoms with Crippen molar-refractivity contribution >= 4 is 12.0 Å². The maximum Gasteiger partial charge on any atom is 0.410 e. The highest BCUT2D eigenvalue weighted by molar-refractivity contribution is 5.78. The fourth-order valence-electron chi connectivity index (χ4n) is 2.01. The number of ether oxygens (including phenoxy) is 1. The van der Waals surface area contributed by atoms with E-state index >= 15 is 0 Å². The maximum absolute atomic E-state index is 12.0. The van der Waals surface area contributed by atoms with Crippen molar-refractivity contribution in [3.8, 4) is 0 Å². The van der Waals surface area contributed by atoms with E-state index in [1.54, 1.807) is 4.90 Å². The van der Waals surface area contributed by atoms with Crippen LogP contribution in [0.15, 0.2) is 0 Å². The summed E-state index contributed by atoms with van der Waals surface area (Å²) >= 11 is 0. The Bertz CT molecular complexity index is 334. The van der Waals surface area contributed by atoms with Crippen molar-refractivity contribution in [3.05, 3.63) is 0 Å². The van der Waals surface area contributed by atoms with Crippen molar-refractivity contribution < 1.29 is 14.3 Å². The van der Waals surface area contributed by atoms with E-state index in [0.717, 1.165) is 6.54 Å². The molecule has 0 unspecified atom stereocenters. The first-order valence-corrected chi connectivity index (χ1v) is 6.95. The average molecular weight is 270 g/mol. The summed E-state index contributed by atoms with van der Waals surface area (Å²) in [4.78, 5) is 27.4. The van der Waals surface area contributed by atoms with Crippen LogP contribution in [0.25, 0.3) is 0 Å². The highest BCUT2D eigenvalue weighted by Gasteiger charge is 2.27. The SMILES string of the molecule is CC(C)CN1CCN(C(=O)OC(C)(C)C)CCC1=O. The van der Waals surface area contributed by atoms with Crippen molar-refractivity contribution in [1.82, 2.24) is 9.80 Å². The Morgan fingerprint density at radius 3 is 2.42 bits per heavy atom. The molecule has 19 heavy (non-hydrogen) atoms. The van der Waals surface area contributed by atoms with Crippen LogP contribution in [0.4, 0.5) is 4.79 Å². The van der Waals surface area contributed by atoms with E-state index in [9.17, 15) is 9.59 Å². The minimum atomic E-state index is -0.495. The molecule has 1 saturated heterocycles. The summed E-state index contributed by atoms with van der Waals surface area (Å²) in [5, 5.41) is 0. The van der Waals surface area contributed by atoms with Crippen LogP contribution >= 0.6 is 0 Å². The van der Waals surface area contributed by atoms with Gasteiger partial charge in [-0.2, -0.15) is 0 Å². The van der Waals surface area contributed by atoms with Crippen LogP contribution in [0.3, 0.4) is 0 Å². The molecule has 0 atom stereocenters. The molecule has 0 aromatic carbocycles. The van der Waals surface area contributed by atoms with Crippen LogP contribution < -0.4 is 0 Å². The van der Waals surface area contributed by atoms with Crippen LogP contribution in [-0.4, -0.2) is 53.6 Å². The third-order valence-electron chi connectivity index (χ3n) is 2.83. The van der Waals surface area contributed by atoms with Gasteiger partial charge >= 0.3 is 6.09 Å². The second-order valence-corrected chi connectivity index (χ2v) is 6.45. The zero-order chi connectivity index (χ0) is 14.6. The molecule has 5 heteroatoms. The zero-order valence-corrected chi connectivity index (χ0v) is 12.7. The molecule has 0 saturated carbocycles. The molecular formula is C14H26N2O3. The van der Waals surface area contributed by atoms with E-state index in [4.69, 9.17) is 4.74 Å². The summed E-state index contributed by atoms with van der Waals surface area (Å²) in [6.45, 7) is 12.1. The van der Waals surface area contributed by atoms with Gasteiger partial charge in [-0.1, -0.05) is 13.8 Å². The van der Waals surface area contributed by atoms with Crippen molar-refractivity contribution in [2.24, 2.45) is 5.92 Å². The molecule has 0 spiro atoms. The largest absolute Gasteiger partial charge is 0.444 e. The molecule has 0 radical (unpaired) electrons. The summed E-state index contributed by atoms with van der Waals surface area (Å²) in [7, 11) is 0. The Kier molecular flexibility index (Phi) is 5.20. The molecule has 0 aromatic heterocycles. The van der Waals surface area contributed by atoms with Gasteiger partial charge in [-0.15, -0.1) is 0 Å². The lowest BCUT2D eigenvalue weighted by Crippen LogP contribution is -2.39. The molecule has 1 aliphatic heterocycles. The molecule has 0 N–H and O–H groups in total. The Labute approximate surface area is 115 Å². The average Bonchev–Trinajstić information content (AvgIpc) is 2.39. The molecule has 1 aliphatic rings. The number of amides is 2. The third kappa shape index (κ3) is 5.49. The lowest BCUT2D eigenvalue weighted by molar-refractivity contribution is -0.130. The fraction of sp³-hybridized carbons (Fsp3) is 0.857. The molecule has 0 aromatic rings. The van der Waals surface area contributed by atoms with Crippen molar-refractivity contribution in [2.75, 3.05) is 26.2 Å². The van der Waals surface area contributed by atoms with Gasteiger partial charge in [-0.25, -0.2) is 4.79 Å². The molecule has 5 nitrogen and oxygen atoms in total. The van der Waals surface area contributed by atoms with E-state index in [0.29, 0.717) is 32.0 Å². The van der Waals surface area contributed by atoms with Crippen LogP contribution in [0.2, 0.25) is 0 Å². The molecule has 1 fully saturated rings. The van der Waals surface area contributed by atoms with Crippen molar-refractivity contribution in [1.29, 1.82) is 0 Å². The summed E-state index contributed by atoms with van der Waals surface area (Å²) in [6.07, 6.45) is 0.0538. The van der Waals surface area contributed by atoms with Crippen molar-refractivity contribution in [3.63, 3.8) is 0 Å². The normalized spacial score (nSPS) is 17.7. The molecule has 2 amide bonds. The quantitative estimate of drug-likeness (QED) is 0.772. The Hall–Kier alpha value is -1.26. The number of hydrogen-bond acceptors (Lipinski definition) is 3.